The molecule has 0 fully saturated rings. The zero-order valence-corrected chi connectivity index (χ0v) is 20.2. The minimum absolute atomic E-state index is 0.285. The van der Waals surface area contributed by atoms with Crippen molar-refractivity contribution in [2.75, 3.05) is 27.9 Å². The van der Waals surface area contributed by atoms with Gasteiger partial charge in [0.05, 0.1) is 38.8 Å². The SMILES string of the molecule is CCOC(=O)C(C)(C)C(c1ccc(OC)cc1)(c1ccc(OC)cc1)c1ccc(OC)cc1. The number of carbonyl (C=O) groups excluding carboxylic acids is 1. The van der Waals surface area contributed by atoms with E-state index < -0.39 is 10.8 Å². The van der Waals surface area contributed by atoms with Gasteiger partial charge >= 0.3 is 5.97 Å². The first-order valence-corrected chi connectivity index (χ1v) is 11.0. The average molecular weight is 449 g/mol. The van der Waals surface area contributed by atoms with Gasteiger partial charge < -0.3 is 18.9 Å². The highest BCUT2D eigenvalue weighted by Crippen LogP contribution is 2.53. The topological polar surface area (TPSA) is 54.0 Å². The Morgan fingerprint density at radius 1 is 0.636 bits per heavy atom. The molecule has 5 nitrogen and oxygen atoms in total. The van der Waals surface area contributed by atoms with Crippen LogP contribution in [0.15, 0.2) is 72.8 Å². The predicted octanol–water partition coefficient (Wildman–Crippen LogP) is 5.64. The van der Waals surface area contributed by atoms with E-state index >= 15 is 0 Å². The summed E-state index contributed by atoms with van der Waals surface area (Å²) < 4.78 is 21.8. The summed E-state index contributed by atoms with van der Waals surface area (Å²) >= 11 is 0. The first-order valence-electron chi connectivity index (χ1n) is 11.0. The van der Waals surface area contributed by atoms with Gasteiger partial charge in [0, 0.05) is 0 Å². The fraction of sp³-hybridized carbons (Fsp3) is 0.321. The molecule has 0 bridgehead atoms. The molecule has 0 radical (unpaired) electrons. The summed E-state index contributed by atoms with van der Waals surface area (Å²) in [6.07, 6.45) is 0. The van der Waals surface area contributed by atoms with Gasteiger partial charge in [-0.25, -0.2) is 0 Å². The van der Waals surface area contributed by atoms with E-state index in [1.54, 1.807) is 21.3 Å². The quantitative estimate of drug-likeness (QED) is 0.313. The van der Waals surface area contributed by atoms with Gasteiger partial charge in [0.2, 0.25) is 0 Å². The Bertz CT molecular complexity index is 935. The van der Waals surface area contributed by atoms with E-state index in [2.05, 4.69) is 0 Å². The van der Waals surface area contributed by atoms with Gasteiger partial charge in [-0.15, -0.1) is 0 Å². The second kappa shape index (κ2) is 9.99. The summed E-state index contributed by atoms with van der Waals surface area (Å²) in [5.41, 5.74) is 0.982. The Labute approximate surface area is 196 Å². The highest BCUT2D eigenvalue weighted by atomic mass is 16.5. The Hall–Kier alpha value is -3.47. The van der Waals surface area contributed by atoms with E-state index in [1.165, 1.54) is 0 Å². The van der Waals surface area contributed by atoms with Crippen LogP contribution in [0.3, 0.4) is 0 Å². The Morgan fingerprint density at radius 2 is 0.939 bits per heavy atom. The van der Waals surface area contributed by atoms with Crippen molar-refractivity contribution in [1.82, 2.24) is 0 Å². The Morgan fingerprint density at radius 3 is 1.18 bits per heavy atom. The third-order valence-corrected chi connectivity index (χ3v) is 6.29. The molecule has 0 aromatic heterocycles. The number of rotatable bonds is 9. The number of hydrogen-bond donors (Lipinski definition) is 0. The largest absolute Gasteiger partial charge is 0.497 e. The third-order valence-electron chi connectivity index (χ3n) is 6.29. The molecule has 0 heterocycles. The highest BCUT2D eigenvalue weighted by Gasteiger charge is 2.54. The zero-order chi connectivity index (χ0) is 24.1. The second-order valence-electron chi connectivity index (χ2n) is 8.28. The van der Waals surface area contributed by atoms with Crippen LogP contribution >= 0.6 is 0 Å². The summed E-state index contributed by atoms with van der Waals surface area (Å²) in [4.78, 5) is 13.5. The molecule has 0 N–H and O–H groups in total. The van der Waals surface area contributed by atoms with Crippen molar-refractivity contribution in [2.45, 2.75) is 26.2 Å². The van der Waals surface area contributed by atoms with Crippen molar-refractivity contribution in [3.8, 4) is 17.2 Å². The van der Waals surface area contributed by atoms with Crippen molar-refractivity contribution in [3.63, 3.8) is 0 Å². The monoisotopic (exact) mass is 448 g/mol. The van der Waals surface area contributed by atoms with Crippen LogP contribution < -0.4 is 14.2 Å². The van der Waals surface area contributed by atoms with Crippen LogP contribution in [0.2, 0.25) is 0 Å². The van der Waals surface area contributed by atoms with Gasteiger partial charge in [0.25, 0.3) is 0 Å². The molecule has 0 saturated carbocycles. The van der Waals surface area contributed by atoms with Crippen LogP contribution in [0.25, 0.3) is 0 Å². The average Bonchev–Trinajstić information content (AvgIpc) is 2.85. The molecule has 3 aromatic rings. The smallest absolute Gasteiger partial charge is 0.313 e. The maximum atomic E-state index is 13.5. The number of benzene rings is 3. The van der Waals surface area contributed by atoms with E-state index in [9.17, 15) is 4.79 Å². The summed E-state index contributed by atoms with van der Waals surface area (Å²) in [5, 5.41) is 0. The normalized spacial score (nSPS) is 11.6. The van der Waals surface area contributed by atoms with E-state index in [0.29, 0.717) is 6.61 Å². The van der Waals surface area contributed by atoms with E-state index in [0.717, 1.165) is 33.9 Å². The lowest BCUT2D eigenvalue weighted by Gasteiger charge is -2.46. The minimum Gasteiger partial charge on any atom is -0.497 e. The third kappa shape index (κ3) is 4.28. The van der Waals surface area contributed by atoms with E-state index in [4.69, 9.17) is 18.9 Å². The minimum atomic E-state index is -0.971. The molecule has 0 aliphatic rings. The van der Waals surface area contributed by atoms with Crippen LogP contribution in [0.5, 0.6) is 17.2 Å². The van der Waals surface area contributed by atoms with Crippen LogP contribution in [-0.2, 0) is 14.9 Å². The fourth-order valence-electron chi connectivity index (χ4n) is 4.57. The molecular weight excluding hydrogens is 416 g/mol. The lowest BCUT2D eigenvalue weighted by Crippen LogP contribution is -2.49. The van der Waals surface area contributed by atoms with E-state index in [-0.39, 0.29) is 5.97 Å². The van der Waals surface area contributed by atoms with Crippen LogP contribution in [-0.4, -0.2) is 33.9 Å². The predicted molar refractivity (Wildman–Crippen MR) is 129 cm³/mol. The second-order valence-corrected chi connectivity index (χ2v) is 8.28. The number of carbonyl (C=O) groups is 1. The molecule has 174 valence electrons. The van der Waals surface area contributed by atoms with Gasteiger partial charge in [-0.3, -0.25) is 4.79 Å². The van der Waals surface area contributed by atoms with Gasteiger partial charge in [-0.1, -0.05) is 36.4 Å². The molecule has 3 aromatic carbocycles. The standard InChI is InChI=1S/C28H32O5/c1-7-33-26(29)27(2,3)28(20-8-14-23(30-4)15-9-20,21-10-16-24(31-5)17-11-21)22-12-18-25(32-6)19-13-22/h8-19H,7H2,1-6H3. The van der Waals surface area contributed by atoms with E-state index in [1.807, 2.05) is 93.6 Å². The van der Waals surface area contributed by atoms with Gasteiger partial charge in [0.1, 0.15) is 17.2 Å². The fourth-order valence-corrected chi connectivity index (χ4v) is 4.57. The molecule has 0 saturated heterocycles. The molecule has 0 aliphatic carbocycles. The zero-order valence-electron chi connectivity index (χ0n) is 20.2. The molecule has 0 spiro atoms. The van der Waals surface area contributed by atoms with Gasteiger partial charge in [-0.2, -0.15) is 0 Å². The van der Waals surface area contributed by atoms with Crippen molar-refractivity contribution >= 4 is 5.97 Å². The molecule has 0 aliphatic heterocycles. The lowest BCUT2D eigenvalue weighted by atomic mass is 9.55. The molecule has 0 unspecified atom stereocenters. The van der Waals surface area contributed by atoms with Crippen LogP contribution in [0, 0.1) is 5.41 Å². The first-order chi connectivity index (χ1) is 15.8. The molecule has 33 heavy (non-hydrogen) atoms. The summed E-state index contributed by atoms with van der Waals surface area (Å²) in [7, 11) is 4.91. The van der Waals surface area contributed by atoms with Crippen LogP contribution in [0.1, 0.15) is 37.5 Å². The summed E-state index contributed by atoms with van der Waals surface area (Å²) in [6.45, 7) is 5.99. The van der Waals surface area contributed by atoms with Crippen LogP contribution in [0.4, 0.5) is 0 Å². The molecule has 5 heteroatoms. The highest BCUT2D eigenvalue weighted by molar-refractivity contribution is 5.81. The number of ether oxygens (including phenoxy) is 4. The van der Waals surface area contributed by atoms with Crippen molar-refractivity contribution in [3.05, 3.63) is 89.5 Å². The Kier molecular flexibility index (Phi) is 7.32. The van der Waals surface area contributed by atoms with Crippen molar-refractivity contribution in [2.24, 2.45) is 5.41 Å². The lowest BCUT2D eigenvalue weighted by molar-refractivity contribution is -0.156. The maximum absolute atomic E-state index is 13.5. The summed E-state index contributed by atoms with van der Waals surface area (Å²) in [6, 6.07) is 23.5. The molecule has 0 atom stereocenters. The maximum Gasteiger partial charge on any atom is 0.313 e. The summed E-state index contributed by atoms with van der Waals surface area (Å²) in [5.74, 6) is 1.94. The number of hydrogen-bond acceptors (Lipinski definition) is 5. The van der Waals surface area contributed by atoms with Gasteiger partial charge in [0.15, 0.2) is 0 Å². The molecule has 0 amide bonds. The van der Waals surface area contributed by atoms with Crippen molar-refractivity contribution < 1.29 is 23.7 Å². The first kappa shape index (κ1) is 24.2. The van der Waals surface area contributed by atoms with Gasteiger partial charge in [-0.05, 0) is 73.9 Å². The molecule has 3 rings (SSSR count). The van der Waals surface area contributed by atoms with Crippen molar-refractivity contribution in [1.29, 1.82) is 0 Å². The number of esters is 1. The Balaban J connectivity index is 2.41. The molecular formula is C28H32O5. The number of methoxy groups -OCH3 is 3.